The van der Waals surface area contributed by atoms with Gasteiger partial charge in [-0.3, -0.25) is 13.9 Å². The number of thiophene rings is 1. The number of aryl methyl sites for hydroxylation is 1. The first-order valence-electron chi connectivity index (χ1n) is 12.6. The van der Waals surface area contributed by atoms with E-state index in [9.17, 15) is 14.0 Å². The maximum atomic E-state index is 13.8. The molecule has 6 rings (SSSR count). The summed E-state index contributed by atoms with van der Waals surface area (Å²) >= 11 is 12.6. The SMILES string of the molecule is O=C1CC(c2ccsc2)(c2cccc(OC3CCCc4cc(F)ccc43)n2)N(S)C(=O)C1c1ccccc1Cl. The molecule has 4 aromatic rings. The molecular formula is C30H24ClFN2O3S2. The predicted molar refractivity (Wildman–Crippen MR) is 152 cm³/mol. The number of piperidine rings is 1. The molecule has 3 atom stereocenters. The van der Waals surface area contributed by atoms with Crippen LogP contribution in [0.1, 0.15) is 59.2 Å². The summed E-state index contributed by atoms with van der Waals surface area (Å²) in [6.07, 6.45) is 2.14. The van der Waals surface area contributed by atoms with Crippen LogP contribution in [0, 0.1) is 5.82 Å². The molecule has 5 nitrogen and oxygen atoms in total. The molecular weight excluding hydrogens is 555 g/mol. The van der Waals surface area contributed by atoms with E-state index in [1.165, 1.54) is 21.7 Å². The van der Waals surface area contributed by atoms with Crippen LogP contribution in [0.2, 0.25) is 5.02 Å². The number of nitrogens with zero attached hydrogens (tertiary/aromatic N) is 2. The molecule has 39 heavy (non-hydrogen) atoms. The molecule has 198 valence electrons. The zero-order valence-corrected chi connectivity index (χ0v) is 23.2. The van der Waals surface area contributed by atoms with E-state index >= 15 is 0 Å². The normalized spacial score (nSPS) is 23.0. The standard InChI is InChI=1S/C30H24ClFN2O3S2/c31-23-7-2-1-6-22(23)28-24(35)16-30(34(38)29(28)36,19-13-14-39-17-19)26-9-4-10-27(33-26)37-25-8-3-5-18-15-20(32)11-12-21(18)25/h1-2,4,6-7,9-15,17,25,28,38H,3,5,8,16H2. The van der Waals surface area contributed by atoms with Gasteiger partial charge in [-0.2, -0.15) is 11.3 Å². The average Bonchev–Trinajstić information content (AvgIpc) is 3.48. The molecule has 0 N–H and O–H groups in total. The molecule has 1 aliphatic heterocycles. The van der Waals surface area contributed by atoms with Crippen LogP contribution in [0.25, 0.3) is 0 Å². The van der Waals surface area contributed by atoms with Gasteiger partial charge in [0.2, 0.25) is 11.8 Å². The number of carbonyl (C=O) groups is 2. The van der Waals surface area contributed by atoms with Crippen molar-refractivity contribution < 1.29 is 18.7 Å². The number of thiol groups is 1. The number of hydrogen-bond acceptors (Lipinski definition) is 6. The number of hydrogen-bond donors (Lipinski definition) is 1. The second-order valence-corrected chi connectivity index (χ2v) is 11.4. The number of Topliss-reactive ketones (excluding diaryl/α,β-unsaturated/α-hetero) is 1. The first kappa shape index (κ1) is 26.0. The number of aromatic nitrogens is 1. The molecule has 9 heteroatoms. The molecule has 0 bridgehead atoms. The molecule has 1 aliphatic carbocycles. The number of fused-ring (bicyclic) bond motifs is 1. The highest BCUT2D eigenvalue weighted by Gasteiger charge is 2.53. The molecule has 1 saturated heterocycles. The fourth-order valence-electron chi connectivity index (χ4n) is 5.68. The fourth-order valence-corrected chi connectivity index (χ4v) is 7.05. The van der Waals surface area contributed by atoms with E-state index in [-0.39, 0.29) is 24.1 Å². The maximum absolute atomic E-state index is 13.8. The summed E-state index contributed by atoms with van der Waals surface area (Å²) in [7, 11) is 0. The summed E-state index contributed by atoms with van der Waals surface area (Å²) in [5, 5.41) is 4.16. The predicted octanol–water partition coefficient (Wildman–Crippen LogP) is 7.07. The number of rotatable bonds is 5. The maximum Gasteiger partial charge on any atom is 0.248 e. The zero-order valence-electron chi connectivity index (χ0n) is 20.7. The van der Waals surface area contributed by atoms with Crippen molar-refractivity contribution in [3.05, 3.63) is 116 Å². The van der Waals surface area contributed by atoms with Gasteiger partial charge in [-0.15, -0.1) is 0 Å². The van der Waals surface area contributed by atoms with Crippen LogP contribution < -0.4 is 4.74 Å². The zero-order chi connectivity index (χ0) is 27.1. The van der Waals surface area contributed by atoms with E-state index < -0.39 is 17.4 Å². The molecule has 0 spiro atoms. The minimum atomic E-state index is -1.23. The van der Waals surface area contributed by atoms with E-state index in [0.29, 0.717) is 22.2 Å². The molecule has 2 aliphatic rings. The Kier molecular flexibility index (Phi) is 6.95. The number of amides is 1. The van der Waals surface area contributed by atoms with E-state index in [1.807, 2.05) is 16.8 Å². The Hall–Kier alpha value is -3.20. The van der Waals surface area contributed by atoms with Crippen molar-refractivity contribution in [3.8, 4) is 5.88 Å². The van der Waals surface area contributed by atoms with Gasteiger partial charge in [0.25, 0.3) is 0 Å². The monoisotopic (exact) mass is 578 g/mol. The van der Waals surface area contributed by atoms with Crippen LogP contribution >= 0.6 is 35.8 Å². The van der Waals surface area contributed by atoms with Crippen LogP contribution in [0.3, 0.4) is 0 Å². The van der Waals surface area contributed by atoms with Gasteiger partial charge in [-0.1, -0.05) is 54.7 Å². The number of carbonyl (C=O) groups excluding carboxylic acids is 2. The summed E-state index contributed by atoms with van der Waals surface area (Å²) in [5.41, 5.74) is 2.33. The quantitative estimate of drug-likeness (QED) is 0.203. The summed E-state index contributed by atoms with van der Waals surface area (Å²) in [6.45, 7) is 0. The summed E-state index contributed by atoms with van der Waals surface area (Å²) in [6, 6.07) is 18.9. The van der Waals surface area contributed by atoms with Crippen molar-refractivity contribution >= 4 is 47.4 Å². The Morgan fingerprint density at radius 1 is 1.08 bits per heavy atom. The largest absolute Gasteiger partial charge is 0.469 e. The molecule has 1 amide bonds. The third-order valence-electron chi connectivity index (χ3n) is 7.56. The fraction of sp³-hybridized carbons (Fsp3) is 0.233. The van der Waals surface area contributed by atoms with Crippen LogP contribution in [-0.4, -0.2) is 21.0 Å². The Morgan fingerprint density at radius 2 is 1.92 bits per heavy atom. The van der Waals surface area contributed by atoms with Crippen molar-refractivity contribution in [1.82, 2.24) is 9.29 Å². The second-order valence-electron chi connectivity index (χ2n) is 9.82. The van der Waals surface area contributed by atoms with Crippen LogP contribution in [0.4, 0.5) is 4.39 Å². The lowest BCUT2D eigenvalue weighted by atomic mass is 9.75. The first-order chi connectivity index (χ1) is 18.9. The van der Waals surface area contributed by atoms with E-state index in [2.05, 4.69) is 0 Å². The van der Waals surface area contributed by atoms with Gasteiger partial charge >= 0.3 is 0 Å². The van der Waals surface area contributed by atoms with E-state index in [4.69, 9.17) is 34.1 Å². The lowest BCUT2D eigenvalue weighted by Gasteiger charge is -2.45. The van der Waals surface area contributed by atoms with Gasteiger partial charge in [-0.05, 0) is 82.6 Å². The summed E-state index contributed by atoms with van der Waals surface area (Å²) in [5.74, 6) is -1.69. The lowest BCUT2D eigenvalue weighted by Crippen LogP contribution is -2.54. The Labute approximate surface area is 240 Å². The third kappa shape index (κ3) is 4.54. The molecule has 2 aromatic carbocycles. The molecule has 2 aromatic heterocycles. The minimum absolute atomic E-state index is 0.0309. The number of pyridine rings is 1. The molecule has 3 heterocycles. The summed E-state index contributed by atoms with van der Waals surface area (Å²) < 4.78 is 21.5. The molecule has 0 radical (unpaired) electrons. The molecule has 0 saturated carbocycles. The summed E-state index contributed by atoms with van der Waals surface area (Å²) in [4.78, 5) is 32.4. The third-order valence-corrected chi connectivity index (χ3v) is 9.12. The number of ether oxygens (including phenoxy) is 1. The minimum Gasteiger partial charge on any atom is -0.469 e. The highest BCUT2D eigenvalue weighted by atomic mass is 35.5. The van der Waals surface area contributed by atoms with E-state index in [0.717, 1.165) is 36.0 Å². The van der Waals surface area contributed by atoms with Crippen molar-refractivity contribution in [2.45, 2.75) is 43.2 Å². The van der Waals surface area contributed by atoms with Crippen LogP contribution in [0.15, 0.2) is 77.5 Å². The van der Waals surface area contributed by atoms with Gasteiger partial charge in [0.1, 0.15) is 23.4 Å². The Bertz CT molecular complexity index is 1560. The van der Waals surface area contributed by atoms with E-state index in [1.54, 1.807) is 54.6 Å². The highest BCUT2D eigenvalue weighted by Crippen LogP contribution is 2.48. The van der Waals surface area contributed by atoms with Crippen LogP contribution in [0.5, 0.6) is 5.88 Å². The molecule has 1 fully saturated rings. The highest BCUT2D eigenvalue weighted by molar-refractivity contribution is 7.78. The van der Waals surface area contributed by atoms with Crippen molar-refractivity contribution in [2.75, 3.05) is 0 Å². The Morgan fingerprint density at radius 3 is 2.72 bits per heavy atom. The lowest BCUT2D eigenvalue weighted by molar-refractivity contribution is -0.142. The number of halogens is 2. The van der Waals surface area contributed by atoms with Crippen LogP contribution in [-0.2, 0) is 21.5 Å². The Balaban J connectivity index is 1.39. The topological polar surface area (TPSA) is 59.5 Å². The average molecular weight is 579 g/mol. The van der Waals surface area contributed by atoms with Crippen molar-refractivity contribution in [3.63, 3.8) is 0 Å². The van der Waals surface area contributed by atoms with Gasteiger partial charge in [-0.25, -0.2) is 9.37 Å². The smallest absolute Gasteiger partial charge is 0.248 e. The number of benzene rings is 2. The van der Waals surface area contributed by atoms with Gasteiger partial charge in [0.15, 0.2) is 5.78 Å². The van der Waals surface area contributed by atoms with Gasteiger partial charge < -0.3 is 4.74 Å². The number of ketones is 1. The molecule has 3 unspecified atom stereocenters. The first-order valence-corrected chi connectivity index (χ1v) is 14.4. The van der Waals surface area contributed by atoms with Crippen molar-refractivity contribution in [1.29, 1.82) is 0 Å². The second kappa shape index (κ2) is 10.4. The van der Waals surface area contributed by atoms with Crippen molar-refractivity contribution in [2.24, 2.45) is 0 Å². The van der Waals surface area contributed by atoms with Gasteiger partial charge in [0.05, 0.1) is 5.69 Å². The van der Waals surface area contributed by atoms with Gasteiger partial charge in [0, 0.05) is 17.5 Å².